The van der Waals surface area contributed by atoms with E-state index in [1.165, 1.54) is 4.90 Å². The van der Waals surface area contributed by atoms with Gasteiger partial charge < -0.3 is 10.0 Å². The van der Waals surface area contributed by atoms with Crippen LogP contribution in [0, 0.1) is 0 Å². The number of carbonyl (C=O) groups is 2. The van der Waals surface area contributed by atoms with Crippen LogP contribution in [-0.2, 0) is 9.59 Å². The molecule has 0 radical (unpaired) electrons. The molecule has 1 N–H and O–H groups in total. The van der Waals surface area contributed by atoms with E-state index in [9.17, 15) is 9.59 Å². The molecule has 0 aliphatic carbocycles. The fourth-order valence-corrected chi connectivity index (χ4v) is 1.17. The van der Waals surface area contributed by atoms with Gasteiger partial charge in [0, 0.05) is 18.5 Å². The molecule has 1 amide bonds. The van der Waals surface area contributed by atoms with E-state index in [0.29, 0.717) is 13.0 Å². The van der Waals surface area contributed by atoms with Crippen LogP contribution in [0.4, 0.5) is 0 Å². The maximum Gasteiger partial charge on any atom is 0.332 e. The Labute approximate surface area is 70.5 Å². The van der Waals surface area contributed by atoms with Crippen LogP contribution >= 0.6 is 0 Å². The lowest BCUT2D eigenvalue weighted by molar-refractivity contribution is -0.133. The van der Waals surface area contributed by atoms with Gasteiger partial charge in [0.05, 0.1) is 6.54 Å². The van der Waals surface area contributed by atoms with Crippen molar-refractivity contribution >= 4 is 11.9 Å². The number of likely N-dealkylation sites (tertiary alicyclic amines) is 1. The summed E-state index contributed by atoms with van der Waals surface area (Å²) in [7, 11) is 0. The fourth-order valence-electron chi connectivity index (χ4n) is 1.17. The topological polar surface area (TPSA) is 57.6 Å². The van der Waals surface area contributed by atoms with Crippen molar-refractivity contribution in [2.45, 2.75) is 12.8 Å². The smallest absolute Gasteiger partial charge is 0.332 e. The summed E-state index contributed by atoms with van der Waals surface area (Å²) < 4.78 is 0. The standard InChI is InChI=1S/C8H11NO3/c1-6(8(11)12)5-9-4-2-3-7(9)10/h1-5H2,(H,11,12). The van der Waals surface area contributed by atoms with Crippen molar-refractivity contribution in [1.82, 2.24) is 4.90 Å². The summed E-state index contributed by atoms with van der Waals surface area (Å²) >= 11 is 0. The molecule has 12 heavy (non-hydrogen) atoms. The van der Waals surface area contributed by atoms with E-state index in [1.54, 1.807) is 0 Å². The van der Waals surface area contributed by atoms with Crippen LogP contribution in [-0.4, -0.2) is 35.0 Å². The predicted octanol–water partition coefficient (Wildman–Crippen LogP) is 0.250. The van der Waals surface area contributed by atoms with E-state index in [4.69, 9.17) is 5.11 Å². The summed E-state index contributed by atoms with van der Waals surface area (Å²) in [6.07, 6.45) is 1.36. The third kappa shape index (κ3) is 1.84. The summed E-state index contributed by atoms with van der Waals surface area (Å²) in [4.78, 5) is 22.9. The lowest BCUT2D eigenvalue weighted by Crippen LogP contribution is -2.28. The highest BCUT2D eigenvalue weighted by atomic mass is 16.4. The Hall–Kier alpha value is -1.32. The van der Waals surface area contributed by atoms with Crippen LogP contribution < -0.4 is 0 Å². The molecule has 0 spiro atoms. The molecule has 0 atom stereocenters. The second-order valence-electron chi connectivity index (χ2n) is 2.83. The van der Waals surface area contributed by atoms with Gasteiger partial charge in [0.15, 0.2) is 0 Å². The Bertz CT molecular complexity index is 234. The lowest BCUT2D eigenvalue weighted by Gasteiger charge is -2.14. The van der Waals surface area contributed by atoms with E-state index >= 15 is 0 Å². The zero-order chi connectivity index (χ0) is 9.14. The molecular weight excluding hydrogens is 158 g/mol. The van der Waals surface area contributed by atoms with Crippen LogP contribution in [0.3, 0.4) is 0 Å². The van der Waals surface area contributed by atoms with Gasteiger partial charge in [-0.3, -0.25) is 4.79 Å². The molecule has 1 aliphatic heterocycles. The van der Waals surface area contributed by atoms with Gasteiger partial charge in [0.25, 0.3) is 0 Å². The second kappa shape index (κ2) is 3.38. The molecule has 1 saturated heterocycles. The number of hydrogen-bond acceptors (Lipinski definition) is 2. The van der Waals surface area contributed by atoms with Gasteiger partial charge in [-0.1, -0.05) is 6.58 Å². The number of carbonyl (C=O) groups excluding carboxylic acids is 1. The third-order valence-corrected chi connectivity index (χ3v) is 1.86. The summed E-state index contributed by atoms with van der Waals surface area (Å²) in [5, 5.41) is 8.49. The number of carboxylic acids is 1. The Balaban J connectivity index is 2.46. The molecule has 0 aromatic heterocycles. The molecule has 0 aromatic rings. The van der Waals surface area contributed by atoms with Crippen LogP contribution in [0.15, 0.2) is 12.2 Å². The molecule has 0 saturated carbocycles. The number of rotatable bonds is 3. The Morgan fingerprint density at radius 2 is 2.33 bits per heavy atom. The molecule has 4 heteroatoms. The van der Waals surface area contributed by atoms with Gasteiger partial charge in [0.1, 0.15) is 0 Å². The van der Waals surface area contributed by atoms with Gasteiger partial charge in [-0.25, -0.2) is 4.79 Å². The molecule has 66 valence electrons. The van der Waals surface area contributed by atoms with Crippen molar-refractivity contribution in [2.75, 3.05) is 13.1 Å². The first kappa shape index (κ1) is 8.77. The first-order valence-corrected chi connectivity index (χ1v) is 3.80. The fraction of sp³-hybridized carbons (Fsp3) is 0.500. The molecular formula is C8H11NO3. The first-order chi connectivity index (χ1) is 5.61. The largest absolute Gasteiger partial charge is 0.478 e. The molecule has 0 unspecified atom stereocenters. The Kier molecular flexibility index (Phi) is 2.47. The van der Waals surface area contributed by atoms with Crippen LogP contribution in [0.2, 0.25) is 0 Å². The van der Waals surface area contributed by atoms with Crippen molar-refractivity contribution in [1.29, 1.82) is 0 Å². The molecule has 0 aromatic carbocycles. The Morgan fingerprint density at radius 1 is 1.67 bits per heavy atom. The Morgan fingerprint density at radius 3 is 2.75 bits per heavy atom. The quantitative estimate of drug-likeness (QED) is 0.616. The van der Waals surface area contributed by atoms with E-state index in [2.05, 4.69) is 6.58 Å². The maximum absolute atomic E-state index is 11.0. The third-order valence-electron chi connectivity index (χ3n) is 1.86. The van der Waals surface area contributed by atoms with Crippen molar-refractivity contribution in [3.05, 3.63) is 12.2 Å². The molecule has 4 nitrogen and oxygen atoms in total. The SMILES string of the molecule is C=C(CN1CCCC1=O)C(=O)O. The zero-order valence-corrected chi connectivity index (χ0v) is 6.75. The van der Waals surface area contributed by atoms with E-state index < -0.39 is 5.97 Å². The van der Waals surface area contributed by atoms with Gasteiger partial charge in [-0.05, 0) is 6.42 Å². The summed E-state index contributed by atoms with van der Waals surface area (Å²) in [5.41, 5.74) is 0.0743. The predicted molar refractivity (Wildman–Crippen MR) is 42.6 cm³/mol. The highest BCUT2D eigenvalue weighted by Crippen LogP contribution is 2.10. The number of carboxylic acid groups (broad SMARTS) is 1. The number of aliphatic carboxylic acids is 1. The van der Waals surface area contributed by atoms with Crippen LogP contribution in [0.1, 0.15) is 12.8 Å². The molecule has 1 heterocycles. The minimum absolute atomic E-state index is 0.0254. The van der Waals surface area contributed by atoms with E-state index in [-0.39, 0.29) is 18.0 Å². The van der Waals surface area contributed by atoms with Gasteiger partial charge in [-0.2, -0.15) is 0 Å². The molecule has 1 rings (SSSR count). The average Bonchev–Trinajstić information content (AvgIpc) is 2.36. The summed E-state index contributed by atoms with van der Waals surface area (Å²) in [6, 6.07) is 0. The second-order valence-corrected chi connectivity index (χ2v) is 2.83. The first-order valence-electron chi connectivity index (χ1n) is 3.80. The van der Waals surface area contributed by atoms with Gasteiger partial charge in [-0.15, -0.1) is 0 Å². The van der Waals surface area contributed by atoms with Crippen LogP contribution in [0.25, 0.3) is 0 Å². The molecule has 1 fully saturated rings. The minimum atomic E-state index is -1.03. The highest BCUT2D eigenvalue weighted by Gasteiger charge is 2.21. The van der Waals surface area contributed by atoms with Crippen molar-refractivity contribution in [2.24, 2.45) is 0 Å². The van der Waals surface area contributed by atoms with Gasteiger partial charge in [0.2, 0.25) is 5.91 Å². The summed E-state index contributed by atoms with van der Waals surface area (Å²) in [6.45, 7) is 4.18. The monoisotopic (exact) mass is 169 g/mol. The van der Waals surface area contributed by atoms with Crippen molar-refractivity contribution < 1.29 is 14.7 Å². The molecule has 1 aliphatic rings. The highest BCUT2D eigenvalue weighted by molar-refractivity contribution is 5.88. The summed E-state index contributed by atoms with van der Waals surface area (Å²) in [5.74, 6) is -1.01. The minimum Gasteiger partial charge on any atom is -0.478 e. The number of nitrogens with zero attached hydrogens (tertiary/aromatic N) is 1. The number of amides is 1. The lowest BCUT2D eigenvalue weighted by atomic mass is 10.3. The van der Waals surface area contributed by atoms with Crippen molar-refractivity contribution in [3.63, 3.8) is 0 Å². The van der Waals surface area contributed by atoms with Crippen LogP contribution in [0.5, 0.6) is 0 Å². The van der Waals surface area contributed by atoms with Gasteiger partial charge >= 0.3 is 5.97 Å². The number of hydrogen-bond donors (Lipinski definition) is 1. The maximum atomic E-state index is 11.0. The van der Waals surface area contributed by atoms with E-state index in [0.717, 1.165) is 6.42 Å². The zero-order valence-electron chi connectivity index (χ0n) is 6.75. The van der Waals surface area contributed by atoms with Crippen molar-refractivity contribution in [3.8, 4) is 0 Å². The molecule has 0 bridgehead atoms. The normalized spacial score (nSPS) is 16.7. The van der Waals surface area contributed by atoms with E-state index in [1.807, 2.05) is 0 Å². The average molecular weight is 169 g/mol.